The normalized spacial score (nSPS) is 10.5. The second kappa shape index (κ2) is 5.70. The highest BCUT2D eigenvalue weighted by Crippen LogP contribution is 2.22. The molecule has 0 aliphatic carbocycles. The summed E-state index contributed by atoms with van der Waals surface area (Å²) in [7, 11) is 1.65. The molecule has 0 aliphatic heterocycles. The zero-order valence-electron chi connectivity index (χ0n) is 9.53. The van der Waals surface area contributed by atoms with Crippen molar-refractivity contribution in [3.05, 3.63) is 46.7 Å². The molecule has 2 aromatic rings. The second-order valence-electron chi connectivity index (χ2n) is 3.64. The monoisotopic (exact) mass is 251 g/mol. The minimum Gasteiger partial charge on any atom is -0.496 e. The van der Waals surface area contributed by atoms with E-state index in [1.54, 1.807) is 13.3 Å². The molecule has 0 spiro atoms. The summed E-state index contributed by atoms with van der Waals surface area (Å²) in [6.07, 6.45) is 1.73. The Labute approximate surface area is 105 Å². The molecule has 0 saturated carbocycles. The third-order valence-electron chi connectivity index (χ3n) is 2.43. The van der Waals surface area contributed by atoms with Crippen LogP contribution in [0.3, 0.4) is 0 Å². The molecule has 0 aliphatic rings. The van der Waals surface area contributed by atoms with Crippen LogP contribution >= 0.6 is 11.6 Å². The number of rotatable bonds is 5. The molecule has 0 saturated heterocycles. The van der Waals surface area contributed by atoms with Crippen molar-refractivity contribution in [1.82, 2.24) is 15.5 Å². The van der Waals surface area contributed by atoms with E-state index >= 15 is 0 Å². The van der Waals surface area contributed by atoms with Gasteiger partial charge in [0.2, 0.25) is 0 Å². The minimum absolute atomic E-state index is 0.697. The van der Waals surface area contributed by atoms with Crippen LogP contribution in [-0.2, 0) is 13.1 Å². The Morgan fingerprint density at radius 2 is 2.24 bits per heavy atom. The van der Waals surface area contributed by atoms with Gasteiger partial charge in [0.15, 0.2) is 0 Å². The molecule has 0 radical (unpaired) electrons. The van der Waals surface area contributed by atoms with Crippen molar-refractivity contribution in [3.8, 4) is 5.75 Å². The fourth-order valence-corrected chi connectivity index (χ4v) is 1.79. The molecular formula is C12H14ClN3O. The van der Waals surface area contributed by atoms with Gasteiger partial charge in [-0.25, -0.2) is 0 Å². The molecule has 17 heavy (non-hydrogen) atoms. The van der Waals surface area contributed by atoms with Gasteiger partial charge >= 0.3 is 0 Å². The van der Waals surface area contributed by atoms with Crippen LogP contribution in [0.25, 0.3) is 0 Å². The van der Waals surface area contributed by atoms with Crippen LogP contribution in [0.4, 0.5) is 0 Å². The number of methoxy groups -OCH3 is 1. The van der Waals surface area contributed by atoms with Crippen LogP contribution in [0.2, 0.25) is 5.02 Å². The summed E-state index contributed by atoms with van der Waals surface area (Å²) in [5.74, 6) is 0.839. The van der Waals surface area contributed by atoms with Crippen LogP contribution < -0.4 is 10.1 Å². The van der Waals surface area contributed by atoms with Gasteiger partial charge in [-0.15, -0.1) is 0 Å². The summed E-state index contributed by atoms with van der Waals surface area (Å²) in [5, 5.41) is 10.8. The molecule has 0 unspecified atom stereocenters. The van der Waals surface area contributed by atoms with E-state index in [1.807, 2.05) is 24.3 Å². The van der Waals surface area contributed by atoms with Crippen molar-refractivity contribution in [2.24, 2.45) is 0 Å². The van der Waals surface area contributed by atoms with Crippen LogP contribution in [0.1, 0.15) is 11.3 Å². The number of halogens is 1. The smallest absolute Gasteiger partial charge is 0.123 e. The lowest BCUT2D eigenvalue weighted by molar-refractivity contribution is 0.407. The highest BCUT2D eigenvalue weighted by molar-refractivity contribution is 6.30. The van der Waals surface area contributed by atoms with Gasteiger partial charge in [0.05, 0.1) is 7.11 Å². The lowest BCUT2D eigenvalue weighted by Gasteiger charge is -2.09. The Morgan fingerprint density at radius 3 is 2.94 bits per heavy atom. The molecule has 1 heterocycles. The van der Waals surface area contributed by atoms with E-state index in [0.29, 0.717) is 11.6 Å². The molecule has 0 amide bonds. The van der Waals surface area contributed by atoms with Crippen molar-refractivity contribution in [3.63, 3.8) is 0 Å². The maximum atomic E-state index is 5.95. The van der Waals surface area contributed by atoms with Gasteiger partial charge in [0, 0.05) is 35.6 Å². The molecule has 90 valence electrons. The van der Waals surface area contributed by atoms with Crippen LogP contribution in [0.15, 0.2) is 30.5 Å². The maximum absolute atomic E-state index is 5.95. The number of aromatic nitrogens is 2. The van der Waals surface area contributed by atoms with E-state index in [4.69, 9.17) is 16.3 Å². The molecule has 2 rings (SSSR count). The van der Waals surface area contributed by atoms with Gasteiger partial charge in [-0.2, -0.15) is 5.10 Å². The first kappa shape index (κ1) is 12.0. The van der Waals surface area contributed by atoms with Crippen molar-refractivity contribution in [2.75, 3.05) is 7.11 Å². The SMILES string of the molecule is COc1ccc(Cl)cc1CNCc1ccn[nH]1. The first-order chi connectivity index (χ1) is 8.29. The average Bonchev–Trinajstić information content (AvgIpc) is 2.82. The van der Waals surface area contributed by atoms with Crippen molar-refractivity contribution in [2.45, 2.75) is 13.1 Å². The predicted octanol–water partition coefficient (Wildman–Crippen LogP) is 2.36. The third-order valence-corrected chi connectivity index (χ3v) is 2.67. The predicted molar refractivity (Wildman–Crippen MR) is 67.1 cm³/mol. The molecule has 1 aromatic heterocycles. The summed E-state index contributed by atoms with van der Waals surface area (Å²) in [6, 6.07) is 7.52. The number of nitrogens with zero attached hydrogens (tertiary/aromatic N) is 1. The summed E-state index contributed by atoms with van der Waals surface area (Å²) in [5.41, 5.74) is 2.09. The highest BCUT2D eigenvalue weighted by atomic mass is 35.5. The Hall–Kier alpha value is -1.52. The van der Waals surface area contributed by atoms with Crippen molar-refractivity contribution >= 4 is 11.6 Å². The first-order valence-corrected chi connectivity index (χ1v) is 5.69. The molecule has 1 aromatic carbocycles. The number of hydrogen-bond acceptors (Lipinski definition) is 3. The summed E-state index contributed by atoms with van der Waals surface area (Å²) >= 11 is 5.95. The Balaban J connectivity index is 1.96. The lowest BCUT2D eigenvalue weighted by Crippen LogP contribution is -2.13. The summed E-state index contributed by atoms with van der Waals surface area (Å²) < 4.78 is 5.27. The fourth-order valence-electron chi connectivity index (χ4n) is 1.60. The van der Waals surface area contributed by atoms with Gasteiger partial charge < -0.3 is 10.1 Å². The summed E-state index contributed by atoms with van der Waals surface area (Å²) in [4.78, 5) is 0. The standard InChI is InChI=1S/C12H14ClN3O/c1-17-12-3-2-10(13)6-9(12)7-14-8-11-4-5-15-16-11/h2-6,14H,7-8H2,1H3,(H,15,16). The van der Waals surface area contributed by atoms with E-state index in [1.165, 1.54) is 0 Å². The van der Waals surface area contributed by atoms with Gasteiger partial charge in [-0.1, -0.05) is 11.6 Å². The number of ether oxygens (including phenoxy) is 1. The number of nitrogens with one attached hydrogen (secondary N) is 2. The number of H-pyrrole nitrogens is 1. The highest BCUT2D eigenvalue weighted by Gasteiger charge is 2.03. The van der Waals surface area contributed by atoms with E-state index in [0.717, 1.165) is 23.6 Å². The molecular weight excluding hydrogens is 238 g/mol. The number of hydrogen-bond donors (Lipinski definition) is 2. The Kier molecular flexibility index (Phi) is 4.01. The lowest BCUT2D eigenvalue weighted by atomic mass is 10.2. The fraction of sp³-hybridized carbons (Fsp3) is 0.250. The van der Waals surface area contributed by atoms with Crippen LogP contribution in [0.5, 0.6) is 5.75 Å². The third kappa shape index (κ3) is 3.22. The van der Waals surface area contributed by atoms with Gasteiger partial charge in [0.1, 0.15) is 5.75 Å². The zero-order valence-corrected chi connectivity index (χ0v) is 10.3. The molecule has 5 heteroatoms. The van der Waals surface area contributed by atoms with Crippen LogP contribution in [0, 0.1) is 0 Å². The number of aromatic amines is 1. The number of benzene rings is 1. The molecule has 2 N–H and O–H groups in total. The molecule has 0 fully saturated rings. The maximum Gasteiger partial charge on any atom is 0.123 e. The average molecular weight is 252 g/mol. The quantitative estimate of drug-likeness (QED) is 0.858. The van der Waals surface area contributed by atoms with Gasteiger partial charge in [-0.05, 0) is 24.3 Å². The molecule has 0 bridgehead atoms. The molecule has 0 atom stereocenters. The van der Waals surface area contributed by atoms with E-state index in [9.17, 15) is 0 Å². The van der Waals surface area contributed by atoms with E-state index in [-0.39, 0.29) is 0 Å². The summed E-state index contributed by atoms with van der Waals surface area (Å²) in [6.45, 7) is 1.43. The largest absolute Gasteiger partial charge is 0.496 e. The van der Waals surface area contributed by atoms with Gasteiger partial charge in [0.25, 0.3) is 0 Å². The van der Waals surface area contributed by atoms with E-state index in [2.05, 4.69) is 15.5 Å². The van der Waals surface area contributed by atoms with Crippen molar-refractivity contribution < 1.29 is 4.74 Å². The topological polar surface area (TPSA) is 49.9 Å². The van der Waals surface area contributed by atoms with E-state index < -0.39 is 0 Å². The van der Waals surface area contributed by atoms with Crippen molar-refractivity contribution in [1.29, 1.82) is 0 Å². The minimum atomic E-state index is 0.697. The molecule has 4 nitrogen and oxygen atoms in total. The van der Waals surface area contributed by atoms with Gasteiger partial charge in [-0.3, -0.25) is 5.10 Å². The second-order valence-corrected chi connectivity index (χ2v) is 4.08. The zero-order chi connectivity index (χ0) is 12.1. The first-order valence-electron chi connectivity index (χ1n) is 5.31. The Morgan fingerprint density at radius 1 is 1.35 bits per heavy atom. The Bertz CT molecular complexity index is 471. The van der Waals surface area contributed by atoms with Crippen LogP contribution in [-0.4, -0.2) is 17.3 Å².